The summed E-state index contributed by atoms with van der Waals surface area (Å²) in [4.78, 5) is 0. The molecule has 0 aliphatic rings. The van der Waals surface area contributed by atoms with Crippen molar-refractivity contribution in [2.45, 2.75) is 0 Å². The predicted octanol–water partition coefficient (Wildman–Crippen LogP) is 4.08. The summed E-state index contributed by atoms with van der Waals surface area (Å²) in [5, 5.41) is 9.18. The van der Waals surface area contributed by atoms with Gasteiger partial charge in [0.05, 0.1) is 6.26 Å². The Hall–Kier alpha value is -2.48. The second-order valence-electron chi connectivity index (χ2n) is 3.78. The van der Waals surface area contributed by atoms with E-state index in [9.17, 15) is 5.11 Å². The van der Waals surface area contributed by atoms with Crippen molar-refractivity contribution in [2.75, 3.05) is 0 Å². The lowest BCUT2D eigenvalue weighted by atomic mass is 10.1. The SMILES string of the molecule is C=COc1ccc(C=Cc2ccc(O)cc2)cc1. The molecule has 0 saturated heterocycles. The van der Waals surface area contributed by atoms with Gasteiger partial charge in [-0.05, 0) is 35.4 Å². The quantitative estimate of drug-likeness (QED) is 0.642. The Balaban J connectivity index is 2.08. The van der Waals surface area contributed by atoms with E-state index in [0.717, 1.165) is 16.9 Å². The standard InChI is InChI=1S/C16H14O2/c1-2-18-16-11-7-14(8-12-16)4-3-13-5-9-15(17)10-6-13/h2-12,17H,1H2. The minimum Gasteiger partial charge on any atom is -0.508 e. The summed E-state index contributed by atoms with van der Waals surface area (Å²) in [6, 6.07) is 14.8. The third-order valence-electron chi connectivity index (χ3n) is 2.46. The maximum absolute atomic E-state index is 9.18. The highest BCUT2D eigenvalue weighted by molar-refractivity contribution is 5.70. The van der Waals surface area contributed by atoms with Crippen LogP contribution >= 0.6 is 0 Å². The molecule has 0 radical (unpaired) electrons. The van der Waals surface area contributed by atoms with Crippen LogP contribution < -0.4 is 4.74 Å². The zero-order valence-electron chi connectivity index (χ0n) is 9.91. The maximum atomic E-state index is 9.18. The van der Waals surface area contributed by atoms with E-state index in [1.165, 1.54) is 6.26 Å². The summed E-state index contributed by atoms with van der Waals surface area (Å²) in [5.41, 5.74) is 2.12. The number of hydrogen-bond acceptors (Lipinski definition) is 2. The molecule has 0 spiro atoms. The van der Waals surface area contributed by atoms with E-state index in [1.54, 1.807) is 12.1 Å². The summed E-state index contributed by atoms with van der Waals surface area (Å²) in [6.45, 7) is 3.50. The first-order valence-electron chi connectivity index (χ1n) is 5.63. The number of phenols is 1. The number of benzene rings is 2. The Labute approximate surface area is 106 Å². The molecule has 0 heterocycles. The van der Waals surface area contributed by atoms with Crippen molar-refractivity contribution in [3.05, 3.63) is 72.5 Å². The van der Waals surface area contributed by atoms with Gasteiger partial charge in [-0.3, -0.25) is 0 Å². The van der Waals surface area contributed by atoms with Crippen LogP contribution in [0.15, 0.2) is 61.4 Å². The first-order valence-corrected chi connectivity index (χ1v) is 5.63. The molecule has 0 unspecified atom stereocenters. The molecule has 0 fully saturated rings. The van der Waals surface area contributed by atoms with Crippen molar-refractivity contribution < 1.29 is 9.84 Å². The van der Waals surface area contributed by atoms with E-state index in [-0.39, 0.29) is 5.75 Å². The number of aromatic hydroxyl groups is 1. The van der Waals surface area contributed by atoms with E-state index in [0.29, 0.717) is 0 Å². The van der Waals surface area contributed by atoms with E-state index in [1.807, 2.05) is 48.6 Å². The zero-order chi connectivity index (χ0) is 12.8. The minimum atomic E-state index is 0.276. The molecule has 2 rings (SSSR count). The summed E-state index contributed by atoms with van der Waals surface area (Å²) in [7, 11) is 0. The molecule has 2 aromatic carbocycles. The van der Waals surface area contributed by atoms with Crippen LogP contribution in [0.1, 0.15) is 11.1 Å². The van der Waals surface area contributed by atoms with Crippen LogP contribution in [0.5, 0.6) is 11.5 Å². The monoisotopic (exact) mass is 238 g/mol. The lowest BCUT2D eigenvalue weighted by Gasteiger charge is -1.99. The van der Waals surface area contributed by atoms with E-state index >= 15 is 0 Å². The first kappa shape index (κ1) is 12.0. The molecule has 2 aromatic rings. The fraction of sp³-hybridized carbons (Fsp3) is 0. The molecular weight excluding hydrogens is 224 g/mol. The predicted molar refractivity (Wildman–Crippen MR) is 74.3 cm³/mol. The Morgan fingerprint density at radius 3 is 1.83 bits per heavy atom. The molecule has 0 aliphatic heterocycles. The molecule has 18 heavy (non-hydrogen) atoms. The van der Waals surface area contributed by atoms with Gasteiger partial charge in [0.25, 0.3) is 0 Å². The average Bonchev–Trinajstić information content (AvgIpc) is 2.40. The van der Waals surface area contributed by atoms with Crippen molar-refractivity contribution in [1.82, 2.24) is 0 Å². The van der Waals surface area contributed by atoms with Gasteiger partial charge in [0.15, 0.2) is 0 Å². The highest BCUT2D eigenvalue weighted by atomic mass is 16.5. The van der Waals surface area contributed by atoms with E-state index < -0.39 is 0 Å². The van der Waals surface area contributed by atoms with Crippen LogP contribution in [-0.4, -0.2) is 5.11 Å². The van der Waals surface area contributed by atoms with Crippen molar-refractivity contribution >= 4 is 12.2 Å². The third kappa shape index (κ3) is 3.25. The molecule has 90 valence electrons. The van der Waals surface area contributed by atoms with Crippen LogP contribution in [0.25, 0.3) is 12.2 Å². The maximum Gasteiger partial charge on any atom is 0.126 e. The fourth-order valence-corrected chi connectivity index (χ4v) is 1.53. The molecule has 0 bridgehead atoms. The number of ether oxygens (including phenoxy) is 1. The fourth-order valence-electron chi connectivity index (χ4n) is 1.53. The Morgan fingerprint density at radius 2 is 1.33 bits per heavy atom. The number of rotatable bonds is 4. The molecule has 0 amide bonds. The molecule has 2 heteroatoms. The molecule has 0 atom stereocenters. The largest absolute Gasteiger partial charge is 0.508 e. The molecular formula is C16H14O2. The molecule has 0 aliphatic carbocycles. The van der Waals surface area contributed by atoms with Gasteiger partial charge in [-0.1, -0.05) is 43.0 Å². The summed E-state index contributed by atoms with van der Waals surface area (Å²) in [6.07, 6.45) is 5.40. The smallest absolute Gasteiger partial charge is 0.126 e. The Morgan fingerprint density at radius 1 is 0.833 bits per heavy atom. The first-order chi connectivity index (χ1) is 8.78. The normalized spacial score (nSPS) is 10.4. The van der Waals surface area contributed by atoms with Crippen molar-refractivity contribution in [2.24, 2.45) is 0 Å². The van der Waals surface area contributed by atoms with Gasteiger partial charge < -0.3 is 9.84 Å². The van der Waals surface area contributed by atoms with Crippen LogP contribution in [-0.2, 0) is 0 Å². The topological polar surface area (TPSA) is 29.5 Å². The van der Waals surface area contributed by atoms with Gasteiger partial charge in [-0.25, -0.2) is 0 Å². The van der Waals surface area contributed by atoms with Crippen LogP contribution in [0.2, 0.25) is 0 Å². The summed E-state index contributed by atoms with van der Waals surface area (Å²) in [5.74, 6) is 1.05. The number of phenolic OH excluding ortho intramolecular Hbond substituents is 1. The lowest BCUT2D eigenvalue weighted by Crippen LogP contribution is -1.80. The second kappa shape index (κ2) is 5.73. The van der Waals surface area contributed by atoms with Crippen molar-refractivity contribution in [1.29, 1.82) is 0 Å². The van der Waals surface area contributed by atoms with Gasteiger partial charge in [0.2, 0.25) is 0 Å². The van der Waals surface area contributed by atoms with Gasteiger partial charge >= 0.3 is 0 Å². The molecule has 2 nitrogen and oxygen atoms in total. The molecule has 0 saturated carbocycles. The average molecular weight is 238 g/mol. The zero-order valence-corrected chi connectivity index (χ0v) is 9.91. The Kier molecular flexibility index (Phi) is 3.82. The van der Waals surface area contributed by atoms with E-state index in [2.05, 4.69) is 6.58 Å². The highest BCUT2D eigenvalue weighted by Crippen LogP contribution is 2.16. The molecule has 1 N–H and O–H groups in total. The Bertz CT molecular complexity index is 536. The van der Waals surface area contributed by atoms with E-state index in [4.69, 9.17) is 4.74 Å². The minimum absolute atomic E-state index is 0.276. The van der Waals surface area contributed by atoms with Crippen LogP contribution in [0, 0.1) is 0 Å². The van der Waals surface area contributed by atoms with Gasteiger partial charge in [0, 0.05) is 0 Å². The summed E-state index contributed by atoms with van der Waals surface area (Å²) < 4.78 is 5.15. The van der Waals surface area contributed by atoms with Crippen molar-refractivity contribution in [3.63, 3.8) is 0 Å². The number of hydrogen-bond donors (Lipinski definition) is 1. The van der Waals surface area contributed by atoms with Crippen LogP contribution in [0.4, 0.5) is 0 Å². The van der Waals surface area contributed by atoms with Gasteiger partial charge in [-0.2, -0.15) is 0 Å². The highest BCUT2D eigenvalue weighted by Gasteiger charge is 1.92. The van der Waals surface area contributed by atoms with Gasteiger partial charge in [-0.15, -0.1) is 0 Å². The van der Waals surface area contributed by atoms with Crippen molar-refractivity contribution in [3.8, 4) is 11.5 Å². The van der Waals surface area contributed by atoms with Gasteiger partial charge in [0.1, 0.15) is 11.5 Å². The second-order valence-corrected chi connectivity index (χ2v) is 3.78. The third-order valence-corrected chi connectivity index (χ3v) is 2.46. The molecule has 0 aromatic heterocycles. The lowest BCUT2D eigenvalue weighted by molar-refractivity contribution is 0.475. The van der Waals surface area contributed by atoms with Crippen LogP contribution in [0.3, 0.4) is 0 Å². The summed E-state index contributed by atoms with van der Waals surface area (Å²) >= 11 is 0.